The van der Waals surface area contributed by atoms with Crippen molar-refractivity contribution in [1.29, 1.82) is 0 Å². The summed E-state index contributed by atoms with van der Waals surface area (Å²) in [5.41, 5.74) is 3.08. The molecule has 1 atom stereocenters. The predicted octanol–water partition coefficient (Wildman–Crippen LogP) is 1.74. The lowest BCUT2D eigenvalue weighted by Gasteiger charge is -2.34. The molecule has 1 aliphatic rings. The first-order valence-corrected chi connectivity index (χ1v) is 7.31. The van der Waals surface area contributed by atoms with E-state index in [1.54, 1.807) is 48.5 Å². The normalized spacial score (nSPS) is 16.3. The molecule has 3 N–H and O–H groups in total. The number of carbonyl (C=O) groups excluding carboxylic acids is 2. The van der Waals surface area contributed by atoms with Gasteiger partial charge >= 0.3 is 0 Å². The Morgan fingerprint density at radius 2 is 2.00 bits per heavy atom. The maximum atomic E-state index is 12.8. The maximum absolute atomic E-state index is 12.8. The van der Waals surface area contributed by atoms with Crippen molar-refractivity contribution in [1.82, 2.24) is 5.43 Å². The SMILES string of the molecule is NNC(=O)[C@@H]1CN(C(=O)c2cccc(Cl)c2)c2ccccc2O1. The number of benzene rings is 2. The Labute approximate surface area is 137 Å². The molecule has 7 heteroatoms. The van der Waals surface area contributed by atoms with Gasteiger partial charge in [-0.05, 0) is 30.3 Å². The van der Waals surface area contributed by atoms with Gasteiger partial charge in [0.05, 0.1) is 12.2 Å². The van der Waals surface area contributed by atoms with E-state index in [1.165, 1.54) is 4.90 Å². The maximum Gasteiger partial charge on any atom is 0.276 e. The number of nitrogens with zero attached hydrogens (tertiary/aromatic N) is 1. The first kappa shape index (κ1) is 15.3. The van der Waals surface area contributed by atoms with E-state index in [4.69, 9.17) is 22.2 Å². The summed E-state index contributed by atoms with van der Waals surface area (Å²) in [4.78, 5) is 26.1. The number of ether oxygens (including phenoxy) is 1. The van der Waals surface area contributed by atoms with Crippen molar-refractivity contribution in [3.8, 4) is 5.75 Å². The van der Waals surface area contributed by atoms with Crippen LogP contribution in [0.25, 0.3) is 0 Å². The fourth-order valence-electron chi connectivity index (χ4n) is 2.43. The number of amides is 2. The van der Waals surface area contributed by atoms with Crippen molar-refractivity contribution in [3.05, 3.63) is 59.1 Å². The highest BCUT2D eigenvalue weighted by Gasteiger charge is 2.33. The Bertz CT molecular complexity index is 766. The second-order valence-corrected chi connectivity index (χ2v) is 5.45. The van der Waals surface area contributed by atoms with Crippen molar-refractivity contribution in [3.63, 3.8) is 0 Å². The van der Waals surface area contributed by atoms with Crippen molar-refractivity contribution in [2.75, 3.05) is 11.4 Å². The Morgan fingerprint density at radius 1 is 1.22 bits per heavy atom. The van der Waals surface area contributed by atoms with Gasteiger partial charge in [-0.25, -0.2) is 5.84 Å². The fraction of sp³-hybridized carbons (Fsp3) is 0.125. The number of halogens is 1. The van der Waals surface area contributed by atoms with Crippen LogP contribution < -0.4 is 20.9 Å². The van der Waals surface area contributed by atoms with Crippen molar-refractivity contribution in [2.45, 2.75) is 6.10 Å². The highest BCUT2D eigenvalue weighted by Crippen LogP contribution is 2.34. The fourth-order valence-corrected chi connectivity index (χ4v) is 2.62. The van der Waals surface area contributed by atoms with Gasteiger partial charge in [0, 0.05) is 10.6 Å². The van der Waals surface area contributed by atoms with E-state index in [1.807, 2.05) is 0 Å². The van der Waals surface area contributed by atoms with Gasteiger partial charge in [0.1, 0.15) is 5.75 Å². The summed E-state index contributed by atoms with van der Waals surface area (Å²) in [7, 11) is 0. The summed E-state index contributed by atoms with van der Waals surface area (Å²) in [6.07, 6.45) is -0.877. The molecule has 23 heavy (non-hydrogen) atoms. The zero-order chi connectivity index (χ0) is 16.4. The van der Waals surface area contributed by atoms with Crippen molar-refractivity contribution < 1.29 is 14.3 Å². The molecule has 0 unspecified atom stereocenters. The first-order chi connectivity index (χ1) is 11.1. The summed E-state index contributed by atoms with van der Waals surface area (Å²) >= 11 is 5.95. The topological polar surface area (TPSA) is 84.7 Å². The molecule has 0 saturated carbocycles. The Morgan fingerprint density at radius 3 is 2.74 bits per heavy atom. The summed E-state index contributed by atoms with van der Waals surface area (Å²) in [5.74, 6) is 4.86. The van der Waals surface area contributed by atoms with Gasteiger partial charge in [0.15, 0.2) is 6.10 Å². The predicted molar refractivity (Wildman–Crippen MR) is 86.3 cm³/mol. The lowest BCUT2D eigenvalue weighted by Crippen LogP contribution is -2.52. The minimum atomic E-state index is -0.877. The monoisotopic (exact) mass is 331 g/mol. The number of hydrazine groups is 1. The lowest BCUT2D eigenvalue weighted by molar-refractivity contribution is -0.127. The largest absolute Gasteiger partial charge is 0.476 e. The molecule has 0 spiro atoms. The first-order valence-electron chi connectivity index (χ1n) is 6.93. The van der Waals surface area contributed by atoms with E-state index in [2.05, 4.69) is 5.43 Å². The van der Waals surface area contributed by atoms with E-state index in [0.717, 1.165) is 0 Å². The van der Waals surface area contributed by atoms with Crippen molar-refractivity contribution in [2.24, 2.45) is 5.84 Å². The third-order valence-electron chi connectivity index (χ3n) is 3.53. The van der Waals surface area contributed by atoms with Crippen LogP contribution in [-0.2, 0) is 4.79 Å². The number of nitrogens with two attached hydrogens (primary N) is 1. The van der Waals surface area contributed by atoms with Crippen LogP contribution in [0, 0.1) is 0 Å². The average Bonchev–Trinajstić information content (AvgIpc) is 2.59. The van der Waals surface area contributed by atoms with E-state index in [9.17, 15) is 9.59 Å². The van der Waals surface area contributed by atoms with Gasteiger partial charge in [0.2, 0.25) is 0 Å². The Hall–Kier alpha value is -2.57. The molecule has 0 bridgehead atoms. The highest BCUT2D eigenvalue weighted by atomic mass is 35.5. The molecule has 6 nitrogen and oxygen atoms in total. The number of anilines is 1. The van der Waals surface area contributed by atoms with E-state index < -0.39 is 12.0 Å². The van der Waals surface area contributed by atoms with Crippen LogP contribution in [0.2, 0.25) is 5.02 Å². The number of fused-ring (bicyclic) bond motifs is 1. The highest BCUT2D eigenvalue weighted by molar-refractivity contribution is 6.31. The average molecular weight is 332 g/mol. The van der Waals surface area contributed by atoms with Gasteiger partial charge in [-0.2, -0.15) is 0 Å². The molecule has 0 aliphatic carbocycles. The zero-order valence-electron chi connectivity index (χ0n) is 12.0. The van der Waals surface area contributed by atoms with Crippen LogP contribution in [0.4, 0.5) is 5.69 Å². The minimum absolute atomic E-state index is 0.0609. The third-order valence-corrected chi connectivity index (χ3v) is 3.76. The van der Waals surface area contributed by atoms with Crippen LogP contribution in [0.3, 0.4) is 0 Å². The van der Waals surface area contributed by atoms with Crippen LogP contribution in [-0.4, -0.2) is 24.5 Å². The molecule has 1 heterocycles. The Balaban J connectivity index is 1.99. The Kier molecular flexibility index (Phi) is 4.18. The number of nitrogens with one attached hydrogen (secondary N) is 1. The van der Waals surface area contributed by atoms with E-state index in [-0.39, 0.29) is 12.5 Å². The number of rotatable bonds is 2. The quantitative estimate of drug-likeness (QED) is 0.498. The number of carbonyl (C=O) groups is 2. The number of hydrogen-bond acceptors (Lipinski definition) is 4. The summed E-state index contributed by atoms with van der Waals surface area (Å²) in [5, 5.41) is 0.466. The molecule has 3 rings (SSSR count). The smallest absolute Gasteiger partial charge is 0.276 e. The molecule has 0 fully saturated rings. The second kappa shape index (κ2) is 6.28. The summed E-state index contributed by atoms with van der Waals surface area (Å²) < 4.78 is 5.61. The molecule has 2 aromatic carbocycles. The van der Waals surface area contributed by atoms with Gasteiger partial charge in [-0.1, -0.05) is 29.8 Å². The molecule has 1 aliphatic heterocycles. The van der Waals surface area contributed by atoms with Crippen molar-refractivity contribution >= 4 is 29.1 Å². The van der Waals surface area contributed by atoms with E-state index in [0.29, 0.717) is 22.0 Å². The van der Waals surface area contributed by atoms with Gasteiger partial charge < -0.3 is 9.64 Å². The van der Waals surface area contributed by atoms with Crippen LogP contribution in [0.15, 0.2) is 48.5 Å². The van der Waals surface area contributed by atoms with E-state index >= 15 is 0 Å². The minimum Gasteiger partial charge on any atom is -0.476 e. The van der Waals surface area contributed by atoms with Crippen LogP contribution in [0.1, 0.15) is 10.4 Å². The molecule has 2 aromatic rings. The third kappa shape index (κ3) is 2.99. The van der Waals surface area contributed by atoms with Gasteiger partial charge in [0.25, 0.3) is 11.8 Å². The molecular weight excluding hydrogens is 318 g/mol. The number of hydrogen-bond donors (Lipinski definition) is 2. The second-order valence-electron chi connectivity index (χ2n) is 5.01. The zero-order valence-corrected chi connectivity index (χ0v) is 12.8. The summed E-state index contributed by atoms with van der Waals surface area (Å²) in [6, 6.07) is 13.7. The van der Waals surface area contributed by atoms with Crippen LogP contribution in [0.5, 0.6) is 5.75 Å². The van der Waals surface area contributed by atoms with Gasteiger partial charge in [-0.3, -0.25) is 15.0 Å². The molecule has 0 aromatic heterocycles. The number of para-hydroxylation sites is 2. The molecule has 0 radical (unpaired) electrons. The standard InChI is InChI=1S/C16H14ClN3O3/c17-11-5-3-4-10(8-11)16(22)20-9-14(15(21)19-18)23-13-7-2-1-6-12(13)20/h1-8,14H,9,18H2,(H,19,21)/t14-/m0/s1. The van der Waals surface area contributed by atoms with Crippen LogP contribution >= 0.6 is 11.6 Å². The molecule has 0 saturated heterocycles. The molecule has 118 valence electrons. The molecular formula is C16H14ClN3O3. The summed E-state index contributed by atoms with van der Waals surface area (Å²) in [6.45, 7) is 0.0609. The van der Waals surface area contributed by atoms with Gasteiger partial charge in [-0.15, -0.1) is 0 Å². The lowest BCUT2D eigenvalue weighted by atomic mass is 10.1. The molecule has 2 amide bonds.